The van der Waals surface area contributed by atoms with Crippen LogP contribution in [0.1, 0.15) is 10.8 Å². The highest BCUT2D eigenvalue weighted by atomic mass is 32.1. The van der Waals surface area contributed by atoms with Gasteiger partial charge >= 0.3 is 12.4 Å². The highest BCUT2D eigenvalue weighted by molar-refractivity contribution is 7.09. The van der Waals surface area contributed by atoms with Gasteiger partial charge in [-0.1, -0.05) is 0 Å². The first-order chi connectivity index (χ1) is 6.23. The molecule has 1 aromatic rings. The fourth-order valence-electron chi connectivity index (χ4n) is 0.876. The third-order valence-electron chi connectivity index (χ3n) is 1.39. The molecule has 1 heterocycles. The van der Waals surface area contributed by atoms with E-state index in [0.29, 0.717) is 17.5 Å². The Morgan fingerprint density at radius 1 is 1.07 bits per heavy atom. The molecule has 0 saturated heterocycles. The third-order valence-corrected chi connectivity index (χ3v) is 2.23. The summed E-state index contributed by atoms with van der Waals surface area (Å²) in [6.45, 7) is 0. The standard InChI is InChI=1S/C6H3F6NS/c7-5(8,9)4(6(10,11)12)3-1-13-2-14-3/h1-2,4H. The molecular weight excluding hydrogens is 232 g/mol. The van der Waals surface area contributed by atoms with Crippen molar-refractivity contribution in [1.82, 2.24) is 4.98 Å². The molecule has 80 valence electrons. The van der Waals surface area contributed by atoms with Gasteiger partial charge in [0.15, 0.2) is 5.92 Å². The molecule has 0 bridgehead atoms. The van der Waals surface area contributed by atoms with Gasteiger partial charge in [0.1, 0.15) is 0 Å². The minimum atomic E-state index is -5.33. The second kappa shape index (κ2) is 3.41. The number of halogens is 6. The van der Waals surface area contributed by atoms with Gasteiger partial charge in [0, 0.05) is 11.1 Å². The summed E-state index contributed by atoms with van der Waals surface area (Å²) in [5, 5.41) is 0. The van der Waals surface area contributed by atoms with Crippen molar-refractivity contribution in [2.24, 2.45) is 0 Å². The lowest BCUT2D eigenvalue weighted by Crippen LogP contribution is -2.33. The predicted octanol–water partition coefficient (Wildman–Crippen LogP) is 3.35. The van der Waals surface area contributed by atoms with Crippen LogP contribution in [0.4, 0.5) is 26.3 Å². The molecule has 0 spiro atoms. The number of aromatic nitrogens is 1. The van der Waals surface area contributed by atoms with E-state index in [1.54, 1.807) is 0 Å². The van der Waals surface area contributed by atoms with E-state index in [0.717, 1.165) is 5.51 Å². The van der Waals surface area contributed by atoms with Gasteiger partial charge in [-0.15, -0.1) is 11.3 Å². The zero-order chi connectivity index (χ0) is 11.0. The Hall–Kier alpha value is -0.790. The highest BCUT2D eigenvalue weighted by Gasteiger charge is 2.58. The molecule has 1 aromatic heterocycles. The summed E-state index contributed by atoms with van der Waals surface area (Å²) in [6.07, 6.45) is -10.1. The molecule has 0 saturated carbocycles. The van der Waals surface area contributed by atoms with Crippen LogP contribution in [0.2, 0.25) is 0 Å². The Balaban J connectivity index is 3.08. The average Bonchev–Trinajstić information content (AvgIpc) is 2.31. The lowest BCUT2D eigenvalue weighted by molar-refractivity contribution is -0.252. The number of thiazole rings is 1. The summed E-state index contributed by atoms with van der Waals surface area (Å²) in [4.78, 5) is 2.35. The maximum Gasteiger partial charge on any atom is 0.405 e. The van der Waals surface area contributed by atoms with Crippen LogP contribution in [0, 0.1) is 0 Å². The Bertz CT molecular complexity index is 272. The van der Waals surface area contributed by atoms with Crippen molar-refractivity contribution < 1.29 is 26.3 Å². The molecule has 0 fully saturated rings. The van der Waals surface area contributed by atoms with Crippen LogP contribution in [0.5, 0.6) is 0 Å². The molecule has 14 heavy (non-hydrogen) atoms. The first-order valence-corrected chi connectivity index (χ1v) is 4.12. The van der Waals surface area contributed by atoms with Gasteiger partial charge in [0.05, 0.1) is 5.51 Å². The van der Waals surface area contributed by atoms with Crippen LogP contribution in [-0.2, 0) is 0 Å². The van der Waals surface area contributed by atoms with E-state index in [-0.39, 0.29) is 0 Å². The Labute approximate surface area is 78.4 Å². The predicted molar refractivity (Wildman–Crippen MR) is 37.0 cm³/mol. The van der Waals surface area contributed by atoms with Crippen LogP contribution < -0.4 is 0 Å². The van der Waals surface area contributed by atoms with Crippen LogP contribution in [0.3, 0.4) is 0 Å². The molecule has 0 unspecified atom stereocenters. The third kappa shape index (κ3) is 2.37. The van der Waals surface area contributed by atoms with Gasteiger partial charge in [-0.25, -0.2) is 0 Å². The maximum atomic E-state index is 12.0. The van der Waals surface area contributed by atoms with Crippen molar-refractivity contribution >= 4 is 11.3 Å². The topological polar surface area (TPSA) is 12.9 Å². The first kappa shape index (κ1) is 11.3. The zero-order valence-corrected chi connectivity index (χ0v) is 7.17. The molecule has 0 aliphatic rings. The van der Waals surface area contributed by atoms with E-state index in [9.17, 15) is 26.3 Å². The Kier molecular flexibility index (Phi) is 2.75. The van der Waals surface area contributed by atoms with Crippen molar-refractivity contribution in [3.05, 3.63) is 16.6 Å². The summed E-state index contributed by atoms with van der Waals surface area (Å²) >= 11 is 0.334. The van der Waals surface area contributed by atoms with E-state index in [4.69, 9.17) is 0 Å². The molecular formula is C6H3F6NS. The number of nitrogens with zero attached hydrogens (tertiary/aromatic N) is 1. The Morgan fingerprint density at radius 2 is 1.57 bits per heavy atom. The van der Waals surface area contributed by atoms with E-state index in [2.05, 4.69) is 4.98 Å². The van der Waals surface area contributed by atoms with Gasteiger partial charge < -0.3 is 0 Å². The Morgan fingerprint density at radius 3 is 1.86 bits per heavy atom. The van der Waals surface area contributed by atoms with Crippen molar-refractivity contribution in [3.8, 4) is 0 Å². The van der Waals surface area contributed by atoms with Crippen molar-refractivity contribution in [1.29, 1.82) is 0 Å². The maximum absolute atomic E-state index is 12.0. The first-order valence-electron chi connectivity index (χ1n) is 3.24. The second-order valence-corrected chi connectivity index (χ2v) is 3.34. The molecule has 0 atom stereocenters. The average molecular weight is 235 g/mol. The molecule has 0 N–H and O–H groups in total. The van der Waals surface area contributed by atoms with Gasteiger partial charge in [0.2, 0.25) is 0 Å². The summed E-state index contributed by atoms with van der Waals surface area (Å²) in [5.41, 5.74) is 0.930. The largest absolute Gasteiger partial charge is 0.405 e. The van der Waals surface area contributed by atoms with E-state index < -0.39 is 23.1 Å². The summed E-state index contributed by atoms with van der Waals surface area (Å²) in [6, 6.07) is 0. The lowest BCUT2D eigenvalue weighted by Gasteiger charge is -2.21. The normalized spacial score (nSPS) is 13.6. The van der Waals surface area contributed by atoms with Crippen LogP contribution in [0.15, 0.2) is 11.7 Å². The summed E-state index contributed by atoms with van der Waals surface area (Å²) in [7, 11) is 0. The summed E-state index contributed by atoms with van der Waals surface area (Å²) in [5.74, 6) is -3.43. The van der Waals surface area contributed by atoms with Crippen molar-refractivity contribution in [3.63, 3.8) is 0 Å². The number of hydrogen-bond acceptors (Lipinski definition) is 2. The number of alkyl halides is 6. The fourth-order valence-corrected chi connectivity index (χ4v) is 1.64. The molecule has 0 aliphatic carbocycles. The van der Waals surface area contributed by atoms with Gasteiger partial charge in [0.25, 0.3) is 0 Å². The molecule has 8 heteroatoms. The summed E-state index contributed by atoms with van der Waals surface area (Å²) < 4.78 is 72.2. The van der Waals surface area contributed by atoms with E-state index >= 15 is 0 Å². The number of hydrogen-bond donors (Lipinski definition) is 0. The molecule has 0 amide bonds. The minimum Gasteiger partial charge on any atom is -0.253 e. The van der Waals surface area contributed by atoms with Crippen LogP contribution in [-0.4, -0.2) is 17.3 Å². The zero-order valence-electron chi connectivity index (χ0n) is 6.36. The van der Waals surface area contributed by atoms with E-state index in [1.165, 1.54) is 0 Å². The highest BCUT2D eigenvalue weighted by Crippen LogP contribution is 2.47. The molecule has 0 aliphatic heterocycles. The number of rotatable bonds is 1. The van der Waals surface area contributed by atoms with Gasteiger partial charge in [-0.3, -0.25) is 4.98 Å². The minimum absolute atomic E-state index is 0.334. The van der Waals surface area contributed by atoms with Crippen LogP contribution >= 0.6 is 11.3 Å². The fraction of sp³-hybridized carbons (Fsp3) is 0.500. The van der Waals surface area contributed by atoms with Crippen molar-refractivity contribution in [2.45, 2.75) is 18.3 Å². The lowest BCUT2D eigenvalue weighted by atomic mass is 10.1. The van der Waals surface area contributed by atoms with Gasteiger partial charge in [-0.2, -0.15) is 26.3 Å². The SMILES string of the molecule is FC(F)(F)C(c1cncs1)C(F)(F)F. The van der Waals surface area contributed by atoms with Crippen molar-refractivity contribution in [2.75, 3.05) is 0 Å². The van der Waals surface area contributed by atoms with Gasteiger partial charge in [-0.05, 0) is 0 Å². The molecule has 0 aromatic carbocycles. The molecule has 0 radical (unpaired) electrons. The molecule has 1 rings (SSSR count). The smallest absolute Gasteiger partial charge is 0.253 e. The van der Waals surface area contributed by atoms with E-state index in [1.807, 2.05) is 0 Å². The van der Waals surface area contributed by atoms with Crippen LogP contribution in [0.25, 0.3) is 0 Å². The molecule has 1 nitrogen and oxygen atoms in total. The second-order valence-electron chi connectivity index (χ2n) is 2.42. The quantitative estimate of drug-likeness (QED) is 0.680. The monoisotopic (exact) mass is 235 g/mol.